The molecule has 0 aromatic heterocycles. The molecule has 0 fully saturated rings. The van der Waals surface area contributed by atoms with Gasteiger partial charge in [-0.1, -0.05) is 58.8 Å². The summed E-state index contributed by atoms with van der Waals surface area (Å²) in [5.41, 5.74) is 0. The third-order valence-electron chi connectivity index (χ3n) is 3.90. The van der Waals surface area contributed by atoms with Gasteiger partial charge in [-0.05, 0) is 39.8 Å². The Balaban J connectivity index is 3.47. The lowest BCUT2D eigenvalue weighted by molar-refractivity contribution is 0.265. The number of hydrogen-bond donors (Lipinski definition) is 0. The predicted molar refractivity (Wildman–Crippen MR) is 79.5 cm³/mol. The minimum atomic E-state index is 0.697. The molecular formula is C16H35N. The van der Waals surface area contributed by atoms with Gasteiger partial charge in [0.25, 0.3) is 0 Å². The normalized spacial score (nSPS) is 12.0. The molecule has 0 radical (unpaired) electrons. The fraction of sp³-hybridized carbons (Fsp3) is 1.00. The molecule has 0 bridgehead atoms. The molecule has 17 heavy (non-hydrogen) atoms. The van der Waals surface area contributed by atoms with Gasteiger partial charge in [-0.25, -0.2) is 0 Å². The molecule has 1 nitrogen and oxygen atoms in total. The molecule has 0 spiro atoms. The molecule has 0 heterocycles. The maximum atomic E-state index is 2.45. The molecule has 0 aliphatic heterocycles. The highest BCUT2D eigenvalue weighted by Gasteiger charge is 2.06. The quantitative estimate of drug-likeness (QED) is 0.455. The van der Waals surface area contributed by atoms with Crippen LogP contribution in [-0.4, -0.2) is 24.5 Å². The Bertz CT molecular complexity index is 148. The maximum absolute atomic E-state index is 2.45. The zero-order valence-corrected chi connectivity index (χ0v) is 13.0. The van der Waals surface area contributed by atoms with Crippen molar-refractivity contribution >= 4 is 0 Å². The zero-order valence-electron chi connectivity index (χ0n) is 13.0. The van der Waals surface area contributed by atoms with Gasteiger partial charge in [-0.3, -0.25) is 0 Å². The lowest BCUT2D eigenvalue weighted by Gasteiger charge is -2.21. The highest BCUT2D eigenvalue weighted by Crippen LogP contribution is 2.20. The number of rotatable bonds is 11. The van der Waals surface area contributed by atoms with Gasteiger partial charge in [-0.15, -0.1) is 0 Å². The fourth-order valence-corrected chi connectivity index (χ4v) is 2.48. The maximum Gasteiger partial charge on any atom is 0.00355 e. The Morgan fingerprint density at radius 3 is 1.88 bits per heavy atom. The van der Waals surface area contributed by atoms with E-state index < -0.39 is 0 Å². The predicted octanol–water partition coefficient (Wildman–Crippen LogP) is 5.10. The number of unbranched alkanes of at least 4 members (excludes halogenated alkanes) is 2. The van der Waals surface area contributed by atoms with E-state index in [1.54, 1.807) is 0 Å². The van der Waals surface area contributed by atoms with Gasteiger partial charge in [0, 0.05) is 6.04 Å². The summed E-state index contributed by atoms with van der Waals surface area (Å²) in [6, 6.07) is 0.697. The topological polar surface area (TPSA) is 3.24 Å². The van der Waals surface area contributed by atoms with Crippen molar-refractivity contribution in [3.05, 3.63) is 0 Å². The Hall–Kier alpha value is -0.0400. The fourth-order valence-electron chi connectivity index (χ4n) is 2.48. The van der Waals surface area contributed by atoms with E-state index in [0.29, 0.717) is 6.04 Å². The van der Waals surface area contributed by atoms with Crippen LogP contribution in [0.4, 0.5) is 0 Å². The molecule has 0 saturated heterocycles. The highest BCUT2D eigenvalue weighted by atomic mass is 15.1. The minimum Gasteiger partial charge on any atom is -0.304 e. The van der Waals surface area contributed by atoms with Crippen LogP contribution in [0.5, 0.6) is 0 Å². The van der Waals surface area contributed by atoms with Crippen molar-refractivity contribution in [1.82, 2.24) is 4.90 Å². The molecule has 0 N–H and O–H groups in total. The van der Waals surface area contributed by atoms with Crippen LogP contribution in [0, 0.1) is 5.92 Å². The van der Waals surface area contributed by atoms with Crippen molar-refractivity contribution < 1.29 is 0 Å². The van der Waals surface area contributed by atoms with Crippen LogP contribution in [0.3, 0.4) is 0 Å². The van der Waals surface area contributed by atoms with E-state index in [2.05, 4.69) is 39.6 Å². The van der Waals surface area contributed by atoms with Crippen LogP contribution < -0.4 is 0 Å². The van der Waals surface area contributed by atoms with E-state index in [-0.39, 0.29) is 0 Å². The summed E-state index contributed by atoms with van der Waals surface area (Å²) in [4.78, 5) is 2.45. The van der Waals surface area contributed by atoms with Crippen LogP contribution in [-0.2, 0) is 0 Å². The average Bonchev–Trinajstić information content (AvgIpc) is 2.28. The van der Waals surface area contributed by atoms with Gasteiger partial charge in [-0.2, -0.15) is 0 Å². The summed E-state index contributed by atoms with van der Waals surface area (Å²) in [7, 11) is 2.24. The molecule has 0 aromatic rings. The van der Waals surface area contributed by atoms with Crippen molar-refractivity contribution in [1.29, 1.82) is 0 Å². The van der Waals surface area contributed by atoms with Crippen LogP contribution in [0.15, 0.2) is 0 Å². The number of hydrogen-bond acceptors (Lipinski definition) is 1. The first-order valence-corrected chi connectivity index (χ1v) is 7.82. The van der Waals surface area contributed by atoms with Gasteiger partial charge in [0.15, 0.2) is 0 Å². The van der Waals surface area contributed by atoms with Gasteiger partial charge in [0.05, 0.1) is 0 Å². The lowest BCUT2D eigenvalue weighted by Crippen LogP contribution is -2.27. The average molecular weight is 241 g/mol. The summed E-state index contributed by atoms with van der Waals surface area (Å²) in [5.74, 6) is 1.01. The smallest absolute Gasteiger partial charge is 0.00355 e. The monoisotopic (exact) mass is 241 g/mol. The van der Waals surface area contributed by atoms with Gasteiger partial charge >= 0.3 is 0 Å². The molecule has 0 aromatic carbocycles. The van der Waals surface area contributed by atoms with E-state index in [0.717, 1.165) is 5.92 Å². The van der Waals surface area contributed by atoms with Crippen LogP contribution in [0.2, 0.25) is 0 Å². The van der Waals surface area contributed by atoms with Gasteiger partial charge < -0.3 is 4.90 Å². The zero-order chi connectivity index (χ0) is 13.1. The molecule has 0 aliphatic rings. The summed E-state index contributed by atoms with van der Waals surface area (Å²) in [5, 5.41) is 0. The summed E-state index contributed by atoms with van der Waals surface area (Å²) in [6.45, 7) is 10.5. The first-order chi connectivity index (χ1) is 8.11. The van der Waals surface area contributed by atoms with Crippen LogP contribution >= 0.6 is 0 Å². The van der Waals surface area contributed by atoms with Crippen molar-refractivity contribution in [2.45, 2.75) is 85.1 Å². The molecule has 1 heteroatoms. The van der Waals surface area contributed by atoms with Crippen LogP contribution in [0.25, 0.3) is 0 Å². The van der Waals surface area contributed by atoms with Crippen LogP contribution in [0.1, 0.15) is 79.1 Å². The second-order valence-electron chi connectivity index (χ2n) is 5.87. The van der Waals surface area contributed by atoms with E-state index in [1.165, 1.54) is 57.9 Å². The van der Waals surface area contributed by atoms with Crippen molar-refractivity contribution in [2.24, 2.45) is 5.92 Å². The Kier molecular flexibility index (Phi) is 11.0. The highest BCUT2D eigenvalue weighted by molar-refractivity contribution is 4.60. The van der Waals surface area contributed by atoms with Crippen molar-refractivity contribution in [3.63, 3.8) is 0 Å². The summed E-state index contributed by atoms with van der Waals surface area (Å²) >= 11 is 0. The molecule has 0 rings (SSSR count). The minimum absolute atomic E-state index is 0.697. The molecule has 0 saturated carbocycles. The molecule has 0 amide bonds. The molecule has 0 unspecified atom stereocenters. The second-order valence-corrected chi connectivity index (χ2v) is 5.87. The Morgan fingerprint density at radius 1 is 0.824 bits per heavy atom. The molecule has 0 aliphatic carbocycles. The summed E-state index contributed by atoms with van der Waals surface area (Å²) in [6.07, 6.45) is 11.3. The number of nitrogens with zero attached hydrogens (tertiary/aromatic N) is 1. The molecule has 0 atom stereocenters. The first kappa shape index (κ1) is 17.0. The first-order valence-electron chi connectivity index (χ1n) is 7.82. The third kappa shape index (κ3) is 9.64. The Morgan fingerprint density at radius 2 is 1.41 bits per heavy atom. The van der Waals surface area contributed by atoms with E-state index in [4.69, 9.17) is 0 Å². The van der Waals surface area contributed by atoms with E-state index in [9.17, 15) is 0 Å². The second kappa shape index (κ2) is 11.1. The van der Waals surface area contributed by atoms with E-state index >= 15 is 0 Å². The summed E-state index contributed by atoms with van der Waals surface area (Å²) < 4.78 is 0. The van der Waals surface area contributed by atoms with E-state index in [1.807, 2.05) is 0 Å². The largest absolute Gasteiger partial charge is 0.304 e. The van der Waals surface area contributed by atoms with Gasteiger partial charge in [0.2, 0.25) is 0 Å². The van der Waals surface area contributed by atoms with Crippen molar-refractivity contribution in [3.8, 4) is 0 Å². The molecule has 104 valence electrons. The molecular weight excluding hydrogens is 206 g/mol. The lowest BCUT2D eigenvalue weighted by atomic mass is 9.92. The third-order valence-corrected chi connectivity index (χ3v) is 3.90. The van der Waals surface area contributed by atoms with Gasteiger partial charge in [0.1, 0.15) is 0 Å². The standard InChI is InChI=1S/C16H35N/c1-6-11-16(12-7-2)13-9-8-10-14-17(5)15(3)4/h15-16H,6-14H2,1-5H3. The van der Waals surface area contributed by atoms with Crippen molar-refractivity contribution in [2.75, 3.05) is 13.6 Å². The SMILES string of the molecule is CCCC(CCC)CCCCCN(C)C(C)C. The Labute approximate surface area is 110 Å².